The third kappa shape index (κ3) is 1.87. The number of aliphatic hydroxyl groups is 2. The van der Waals surface area contributed by atoms with E-state index in [0.29, 0.717) is 0 Å². The molecule has 0 saturated carbocycles. The molecular weight excluding hydrogens is 84.0 g/mol. The second kappa shape index (κ2) is 2.81. The Kier molecular flexibility index (Phi) is 1.76. The summed E-state index contributed by atoms with van der Waals surface area (Å²) in [4.78, 5) is 9.63. The minimum absolute atomic E-state index is 0.664. The van der Waals surface area contributed by atoms with E-state index in [2.05, 4.69) is 0 Å². The predicted octanol–water partition coefficient (Wildman–Crippen LogP) is -1.46. The summed E-state index contributed by atoms with van der Waals surface area (Å²) in [6.45, 7) is -0.664. The molecule has 3 heteroatoms. The average Bonchev–Trinajstić information content (AvgIpc) is 1.65. The van der Waals surface area contributed by atoms with E-state index in [9.17, 15) is 4.79 Å². The fraction of sp³-hybridized carbons (Fsp3) is 0.667. The lowest BCUT2D eigenvalue weighted by atomic mass is 10.4. The zero-order chi connectivity index (χ0) is 5.86. The lowest BCUT2D eigenvalue weighted by Gasteiger charge is -1.89. The van der Waals surface area contributed by atoms with Gasteiger partial charge in [-0.25, -0.2) is 0 Å². The van der Waals surface area contributed by atoms with Gasteiger partial charge >= 0.3 is 0 Å². The number of aliphatic hydroxyl groups excluding tert-OH is 2. The molecule has 1 unspecified atom stereocenters. The molecule has 36 valence electrons. The lowest BCUT2D eigenvalue weighted by molar-refractivity contribution is -0.116. The van der Waals surface area contributed by atoms with Gasteiger partial charge in [-0.3, -0.25) is 0 Å². The molecule has 3 nitrogen and oxygen atoms in total. The Morgan fingerprint density at radius 2 is 2.67 bits per heavy atom. The number of hydrogen-bond acceptors (Lipinski definition) is 3. The van der Waals surface area contributed by atoms with Crippen LogP contribution >= 0.6 is 0 Å². The molecule has 0 heterocycles. The van der Waals surface area contributed by atoms with Crippen LogP contribution in [-0.4, -0.2) is 29.2 Å². The third-order valence-corrected chi connectivity index (χ3v) is 0.309. The van der Waals surface area contributed by atoms with Gasteiger partial charge in [0.05, 0.1) is 6.61 Å². The van der Waals surface area contributed by atoms with Crippen LogP contribution in [0.2, 0.25) is 0 Å². The summed E-state index contributed by atoms with van der Waals surface area (Å²) < 4.78 is 6.13. The molecule has 0 bridgehead atoms. The maximum Gasteiger partial charge on any atom is 0.150 e. The molecule has 0 fully saturated rings. The number of rotatable bonds is 2. The molecule has 6 heavy (non-hydrogen) atoms. The summed E-state index contributed by atoms with van der Waals surface area (Å²) in [5.74, 6) is 0. The van der Waals surface area contributed by atoms with E-state index in [1.807, 2.05) is 0 Å². The van der Waals surface area contributed by atoms with E-state index in [-0.39, 0.29) is 0 Å². The van der Waals surface area contributed by atoms with Crippen molar-refractivity contribution in [1.29, 1.82) is 0 Å². The number of carbonyl (C=O) groups is 1. The van der Waals surface area contributed by atoms with Crippen LogP contribution in [0.25, 0.3) is 0 Å². The van der Waals surface area contributed by atoms with Crippen LogP contribution in [0.4, 0.5) is 0 Å². The van der Waals surface area contributed by atoms with E-state index >= 15 is 0 Å². The summed E-state index contributed by atoms with van der Waals surface area (Å²) in [7, 11) is 0. The van der Waals surface area contributed by atoms with Gasteiger partial charge in [0.2, 0.25) is 0 Å². The first-order valence-corrected chi connectivity index (χ1v) is 1.48. The number of carbonyl (C=O) groups excluding carboxylic acids is 1. The lowest BCUT2D eigenvalue weighted by Crippen LogP contribution is -2.12. The van der Waals surface area contributed by atoms with Crippen molar-refractivity contribution in [3.8, 4) is 0 Å². The van der Waals surface area contributed by atoms with Gasteiger partial charge < -0.3 is 15.0 Å². The number of hydrogen-bond donors (Lipinski definition) is 2. The van der Waals surface area contributed by atoms with Crippen molar-refractivity contribution < 1.29 is 16.4 Å². The van der Waals surface area contributed by atoms with Crippen molar-refractivity contribution in [2.45, 2.75) is 6.10 Å². The first kappa shape index (κ1) is 3.77. The minimum atomic E-state index is -1.51. The average molecular weight is 91.1 g/mol. The van der Waals surface area contributed by atoms with Gasteiger partial charge in [-0.1, -0.05) is 0 Å². The minimum Gasteiger partial charge on any atom is -0.393 e. The molecule has 0 amide bonds. The van der Waals surface area contributed by atoms with Gasteiger partial charge in [0.15, 0.2) is 6.26 Å². The molecule has 0 aromatic carbocycles. The third-order valence-electron chi connectivity index (χ3n) is 0.309. The standard InChI is InChI=1S/C3H6O3/c4-1-3(6)2-5/h1,3,5-6H,2H2/i1D. The molecule has 0 rings (SSSR count). The van der Waals surface area contributed by atoms with Gasteiger partial charge in [-0.15, -0.1) is 0 Å². The van der Waals surface area contributed by atoms with Gasteiger partial charge in [0.1, 0.15) is 7.47 Å². The summed E-state index contributed by atoms with van der Waals surface area (Å²) in [6.07, 6.45) is -2.66. The second-order valence-corrected chi connectivity index (χ2v) is 0.816. The molecular formula is C3H6O3. The Bertz CT molecular complexity index is 72.6. The molecule has 1 atom stereocenters. The molecule has 2 N–H and O–H groups in total. The van der Waals surface area contributed by atoms with Crippen molar-refractivity contribution >= 4 is 6.26 Å². The van der Waals surface area contributed by atoms with Crippen LogP contribution in [0.5, 0.6) is 0 Å². The van der Waals surface area contributed by atoms with Gasteiger partial charge in [0.25, 0.3) is 0 Å². The first-order valence-electron chi connectivity index (χ1n) is 1.98. The van der Waals surface area contributed by atoms with Crippen LogP contribution in [0.3, 0.4) is 0 Å². The fourth-order valence-corrected chi connectivity index (χ4v) is 0.0373. The topological polar surface area (TPSA) is 57.5 Å². The highest BCUT2D eigenvalue weighted by molar-refractivity contribution is 5.55. The van der Waals surface area contributed by atoms with E-state index < -0.39 is 19.0 Å². The first-order chi connectivity index (χ1) is 3.18. The van der Waals surface area contributed by atoms with E-state index in [4.69, 9.17) is 11.6 Å². The van der Waals surface area contributed by atoms with E-state index in [1.165, 1.54) is 0 Å². The molecule has 0 aromatic rings. The maximum absolute atomic E-state index is 9.63. The Labute approximate surface area is 36.6 Å². The quantitative estimate of drug-likeness (QED) is 0.408. The normalized spacial score (nSPS) is 16.0. The van der Waals surface area contributed by atoms with Crippen LogP contribution in [0.15, 0.2) is 0 Å². The smallest absolute Gasteiger partial charge is 0.150 e. The molecule has 0 saturated heterocycles. The number of aldehydes is 1. The van der Waals surface area contributed by atoms with E-state index in [1.54, 1.807) is 0 Å². The molecule has 0 aromatic heterocycles. The zero-order valence-electron chi connectivity index (χ0n) is 4.09. The Hall–Kier alpha value is -0.410. The van der Waals surface area contributed by atoms with Gasteiger partial charge in [-0.2, -0.15) is 0 Å². The predicted molar refractivity (Wildman–Crippen MR) is 19.2 cm³/mol. The van der Waals surface area contributed by atoms with Crippen molar-refractivity contribution in [3.05, 3.63) is 0 Å². The van der Waals surface area contributed by atoms with Crippen molar-refractivity contribution in [2.24, 2.45) is 0 Å². The van der Waals surface area contributed by atoms with Crippen molar-refractivity contribution in [3.63, 3.8) is 0 Å². The Balaban J connectivity index is 3.34. The highest BCUT2D eigenvalue weighted by Crippen LogP contribution is 1.66. The van der Waals surface area contributed by atoms with Gasteiger partial charge in [0, 0.05) is 0 Å². The summed E-state index contributed by atoms with van der Waals surface area (Å²) >= 11 is 0. The Morgan fingerprint density at radius 1 is 2.17 bits per heavy atom. The van der Waals surface area contributed by atoms with Crippen LogP contribution in [-0.2, 0) is 4.79 Å². The Morgan fingerprint density at radius 3 is 2.67 bits per heavy atom. The van der Waals surface area contributed by atoms with Crippen molar-refractivity contribution in [1.82, 2.24) is 0 Å². The van der Waals surface area contributed by atoms with Crippen LogP contribution < -0.4 is 0 Å². The maximum atomic E-state index is 9.63. The SMILES string of the molecule is [2H]C(=O)C(O)CO. The molecule has 0 spiro atoms. The monoisotopic (exact) mass is 91.0 g/mol. The summed E-state index contributed by atoms with van der Waals surface area (Å²) in [6, 6.07) is 0. The molecule has 0 aliphatic heterocycles. The van der Waals surface area contributed by atoms with Gasteiger partial charge in [-0.05, 0) is 0 Å². The summed E-state index contributed by atoms with van der Waals surface area (Å²) in [5.41, 5.74) is 0. The summed E-state index contributed by atoms with van der Waals surface area (Å²) in [5, 5.41) is 16.1. The second-order valence-electron chi connectivity index (χ2n) is 0.816. The van der Waals surface area contributed by atoms with Crippen molar-refractivity contribution in [2.75, 3.05) is 6.61 Å². The van der Waals surface area contributed by atoms with Crippen LogP contribution in [0.1, 0.15) is 1.37 Å². The van der Waals surface area contributed by atoms with E-state index in [0.717, 1.165) is 0 Å². The zero-order valence-corrected chi connectivity index (χ0v) is 3.09. The fourth-order valence-electron chi connectivity index (χ4n) is 0.0373. The van der Waals surface area contributed by atoms with Crippen LogP contribution in [0, 0.1) is 0 Å². The highest BCUT2D eigenvalue weighted by Gasteiger charge is 1.92. The molecule has 0 aliphatic rings. The molecule has 0 radical (unpaired) electrons. The highest BCUT2D eigenvalue weighted by atomic mass is 16.3. The molecule has 0 aliphatic carbocycles. The largest absolute Gasteiger partial charge is 0.393 e.